The smallest absolute Gasteiger partial charge is 0.354 e. The van der Waals surface area contributed by atoms with Gasteiger partial charge in [0.1, 0.15) is 5.69 Å². The van der Waals surface area contributed by atoms with Crippen LogP contribution in [0, 0.1) is 5.92 Å². The fraction of sp³-hybridized carbons (Fsp3) is 0.462. The van der Waals surface area contributed by atoms with E-state index in [-0.39, 0.29) is 23.6 Å². The molecule has 1 aromatic rings. The van der Waals surface area contributed by atoms with Crippen LogP contribution in [0.15, 0.2) is 18.3 Å². The largest absolute Gasteiger partial charge is 0.477 e. The highest BCUT2D eigenvalue weighted by molar-refractivity contribution is 5.85. The van der Waals surface area contributed by atoms with Crippen molar-refractivity contribution in [3.05, 3.63) is 29.6 Å². The molecule has 6 nitrogen and oxygen atoms in total. The summed E-state index contributed by atoms with van der Waals surface area (Å²) in [5.74, 6) is -1.05. The van der Waals surface area contributed by atoms with Crippen LogP contribution >= 0.6 is 0 Å². The predicted molar refractivity (Wildman–Crippen MR) is 68.4 cm³/mol. The van der Waals surface area contributed by atoms with E-state index in [9.17, 15) is 9.59 Å². The summed E-state index contributed by atoms with van der Waals surface area (Å²) in [6.07, 6.45) is 3.93. The number of nitrogens with two attached hydrogens (primary N) is 1. The molecule has 2 atom stereocenters. The Hall–Kier alpha value is -1.95. The van der Waals surface area contributed by atoms with Gasteiger partial charge in [0, 0.05) is 24.7 Å². The van der Waals surface area contributed by atoms with Crippen molar-refractivity contribution in [2.24, 2.45) is 11.7 Å². The first-order chi connectivity index (χ1) is 9.06. The first-order valence-corrected chi connectivity index (χ1v) is 6.28. The molecule has 6 heteroatoms. The lowest BCUT2D eigenvalue weighted by atomic mass is 10.1. The van der Waals surface area contributed by atoms with Gasteiger partial charge in [0.05, 0.1) is 0 Å². The molecule has 2 rings (SSSR count). The Morgan fingerprint density at radius 1 is 1.42 bits per heavy atom. The maximum atomic E-state index is 11.9. The lowest BCUT2D eigenvalue weighted by Gasteiger charge is -2.10. The van der Waals surface area contributed by atoms with Gasteiger partial charge in [-0.25, -0.2) is 9.78 Å². The highest BCUT2D eigenvalue weighted by Gasteiger charge is 2.27. The molecule has 1 amide bonds. The first kappa shape index (κ1) is 13.5. The van der Waals surface area contributed by atoms with Gasteiger partial charge in [-0.05, 0) is 30.9 Å². The van der Waals surface area contributed by atoms with E-state index in [2.05, 4.69) is 10.3 Å². The molecule has 19 heavy (non-hydrogen) atoms. The fourth-order valence-corrected chi connectivity index (χ4v) is 2.24. The summed E-state index contributed by atoms with van der Waals surface area (Å²) in [7, 11) is 0. The summed E-state index contributed by atoms with van der Waals surface area (Å²) in [5.41, 5.74) is 6.55. The average molecular weight is 263 g/mol. The van der Waals surface area contributed by atoms with Crippen LogP contribution in [0.25, 0.3) is 0 Å². The lowest BCUT2D eigenvalue weighted by Crippen LogP contribution is -2.30. The van der Waals surface area contributed by atoms with Gasteiger partial charge in [-0.15, -0.1) is 0 Å². The van der Waals surface area contributed by atoms with Crippen LogP contribution in [0.2, 0.25) is 0 Å². The predicted octanol–water partition coefficient (Wildman–Crippen LogP) is 0.523. The van der Waals surface area contributed by atoms with Crippen molar-refractivity contribution >= 4 is 11.9 Å². The minimum atomic E-state index is -1.06. The van der Waals surface area contributed by atoms with Crippen molar-refractivity contribution in [3.63, 3.8) is 0 Å². The Balaban J connectivity index is 1.85. The third kappa shape index (κ3) is 3.51. The zero-order chi connectivity index (χ0) is 13.8. The number of nitrogens with zero attached hydrogens (tertiary/aromatic N) is 1. The normalized spacial score (nSPS) is 22.2. The van der Waals surface area contributed by atoms with Crippen molar-refractivity contribution in [2.75, 3.05) is 0 Å². The molecular formula is C13H17N3O3. The molecule has 2 unspecified atom stereocenters. The summed E-state index contributed by atoms with van der Waals surface area (Å²) >= 11 is 0. The molecule has 4 N–H and O–H groups in total. The van der Waals surface area contributed by atoms with Crippen LogP contribution in [-0.2, 0) is 11.3 Å². The van der Waals surface area contributed by atoms with Gasteiger partial charge >= 0.3 is 5.97 Å². The molecule has 0 bridgehead atoms. The molecule has 0 radical (unpaired) electrons. The van der Waals surface area contributed by atoms with E-state index in [1.807, 2.05) is 0 Å². The van der Waals surface area contributed by atoms with Gasteiger partial charge in [-0.1, -0.05) is 6.07 Å². The number of aromatic nitrogens is 1. The summed E-state index contributed by atoms with van der Waals surface area (Å²) in [6, 6.07) is 3.21. The maximum absolute atomic E-state index is 11.9. The number of carbonyl (C=O) groups is 2. The lowest BCUT2D eigenvalue weighted by molar-refractivity contribution is -0.125. The molecule has 0 spiro atoms. The van der Waals surface area contributed by atoms with Gasteiger partial charge < -0.3 is 16.2 Å². The quantitative estimate of drug-likeness (QED) is 0.734. The molecule has 0 aromatic carbocycles. The average Bonchev–Trinajstić information content (AvgIpc) is 2.83. The first-order valence-electron chi connectivity index (χ1n) is 6.28. The number of amides is 1. The molecule has 1 fully saturated rings. The second-order valence-electron chi connectivity index (χ2n) is 4.84. The van der Waals surface area contributed by atoms with Crippen molar-refractivity contribution in [2.45, 2.75) is 31.8 Å². The molecule has 1 heterocycles. The minimum absolute atomic E-state index is 0.00116. The number of hydrogen-bond acceptors (Lipinski definition) is 4. The summed E-state index contributed by atoms with van der Waals surface area (Å²) in [5, 5.41) is 11.5. The second-order valence-corrected chi connectivity index (χ2v) is 4.84. The van der Waals surface area contributed by atoms with E-state index in [0.29, 0.717) is 6.54 Å². The SMILES string of the molecule is NC1CCC(C(=O)NCc2ccc(C(=O)O)nc2)C1. The minimum Gasteiger partial charge on any atom is -0.477 e. The summed E-state index contributed by atoms with van der Waals surface area (Å²) < 4.78 is 0. The van der Waals surface area contributed by atoms with Crippen molar-refractivity contribution < 1.29 is 14.7 Å². The number of carboxylic acid groups (broad SMARTS) is 1. The molecule has 0 aliphatic heterocycles. The molecule has 0 saturated heterocycles. The Kier molecular flexibility index (Phi) is 4.11. The van der Waals surface area contributed by atoms with Gasteiger partial charge in [0.25, 0.3) is 0 Å². The Labute approximate surface area is 111 Å². The van der Waals surface area contributed by atoms with Crippen LogP contribution in [0.3, 0.4) is 0 Å². The number of carboxylic acids is 1. The number of hydrogen-bond donors (Lipinski definition) is 3. The van der Waals surface area contributed by atoms with E-state index in [1.165, 1.54) is 12.3 Å². The van der Waals surface area contributed by atoms with Crippen LogP contribution in [0.4, 0.5) is 0 Å². The van der Waals surface area contributed by atoms with E-state index in [1.54, 1.807) is 6.07 Å². The molecule has 1 aromatic heterocycles. The highest BCUT2D eigenvalue weighted by Crippen LogP contribution is 2.24. The number of rotatable bonds is 4. The van der Waals surface area contributed by atoms with Crippen LogP contribution in [-0.4, -0.2) is 28.0 Å². The monoisotopic (exact) mass is 263 g/mol. The van der Waals surface area contributed by atoms with E-state index in [0.717, 1.165) is 24.8 Å². The third-order valence-electron chi connectivity index (χ3n) is 3.35. The molecule has 1 aliphatic rings. The van der Waals surface area contributed by atoms with Gasteiger partial charge in [-0.2, -0.15) is 0 Å². The Bertz CT molecular complexity index is 473. The highest BCUT2D eigenvalue weighted by atomic mass is 16.4. The van der Waals surface area contributed by atoms with Crippen LogP contribution in [0.5, 0.6) is 0 Å². The van der Waals surface area contributed by atoms with Crippen LogP contribution in [0.1, 0.15) is 35.3 Å². The molecular weight excluding hydrogens is 246 g/mol. The van der Waals surface area contributed by atoms with E-state index in [4.69, 9.17) is 10.8 Å². The van der Waals surface area contributed by atoms with Crippen LogP contribution < -0.4 is 11.1 Å². The molecule has 1 saturated carbocycles. The Morgan fingerprint density at radius 2 is 2.21 bits per heavy atom. The van der Waals surface area contributed by atoms with E-state index >= 15 is 0 Å². The third-order valence-corrected chi connectivity index (χ3v) is 3.35. The molecule has 102 valence electrons. The summed E-state index contributed by atoms with van der Waals surface area (Å²) in [4.78, 5) is 26.3. The number of aromatic carboxylic acids is 1. The van der Waals surface area contributed by atoms with Gasteiger partial charge in [0.2, 0.25) is 5.91 Å². The fourth-order valence-electron chi connectivity index (χ4n) is 2.24. The van der Waals surface area contributed by atoms with Gasteiger partial charge in [0.15, 0.2) is 0 Å². The standard InChI is InChI=1S/C13H17N3O3/c14-10-3-2-9(5-10)12(17)16-7-8-1-4-11(13(18)19)15-6-8/h1,4,6,9-10H,2-3,5,7,14H2,(H,16,17)(H,18,19). The number of carbonyl (C=O) groups excluding carboxylic acids is 1. The Morgan fingerprint density at radius 3 is 2.74 bits per heavy atom. The van der Waals surface area contributed by atoms with Gasteiger partial charge in [-0.3, -0.25) is 4.79 Å². The van der Waals surface area contributed by atoms with Crippen molar-refractivity contribution in [1.82, 2.24) is 10.3 Å². The van der Waals surface area contributed by atoms with Crippen molar-refractivity contribution in [3.8, 4) is 0 Å². The second kappa shape index (κ2) is 5.79. The van der Waals surface area contributed by atoms with Crippen molar-refractivity contribution in [1.29, 1.82) is 0 Å². The zero-order valence-electron chi connectivity index (χ0n) is 10.5. The maximum Gasteiger partial charge on any atom is 0.354 e. The number of pyridine rings is 1. The molecule has 1 aliphatic carbocycles. The topological polar surface area (TPSA) is 105 Å². The zero-order valence-corrected chi connectivity index (χ0v) is 10.5. The van der Waals surface area contributed by atoms with E-state index < -0.39 is 5.97 Å². The summed E-state index contributed by atoms with van der Waals surface area (Å²) in [6.45, 7) is 0.359. The number of nitrogens with one attached hydrogen (secondary N) is 1.